The Morgan fingerprint density at radius 2 is 1.85 bits per heavy atom. The SMILES string of the molecule is N#C/C=C(/N)c1cc(Br)cc(Br)c1. The Kier molecular flexibility index (Phi) is 3.52. The van der Waals surface area contributed by atoms with Gasteiger partial charge in [-0.1, -0.05) is 31.9 Å². The molecule has 0 bridgehead atoms. The van der Waals surface area contributed by atoms with Gasteiger partial charge in [0.05, 0.1) is 6.07 Å². The number of hydrogen-bond donors (Lipinski definition) is 1. The van der Waals surface area contributed by atoms with Gasteiger partial charge in [-0.05, 0) is 18.2 Å². The Morgan fingerprint density at radius 3 is 2.31 bits per heavy atom. The van der Waals surface area contributed by atoms with Crippen molar-refractivity contribution < 1.29 is 0 Å². The summed E-state index contributed by atoms with van der Waals surface area (Å²) in [4.78, 5) is 0. The molecule has 0 fully saturated rings. The Labute approximate surface area is 93.3 Å². The van der Waals surface area contributed by atoms with Crippen molar-refractivity contribution in [3.8, 4) is 6.07 Å². The third-order valence-corrected chi connectivity index (χ3v) is 2.33. The van der Waals surface area contributed by atoms with Crippen LogP contribution in [0.4, 0.5) is 0 Å². The predicted octanol–water partition coefficient (Wildman–Crippen LogP) is 3.03. The number of hydrogen-bond acceptors (Lipinski definition) is 2. The van der Waals surface area contributed by atoms with E-state index in [-0.39, 0.29) is 0 Å². The summed E-state index contributed by atoms with van der Waals surface area (Å²) in [6.45, 7) is 0. The minimum absolute atomic E-state index is 0.463. The van der Waals surface area contributed by atoms with Gasteiger partial charge in [-0.25, -0.2) is 0 Å². The molecule has 0 radical (unpaired) electrons. The number of benzene rings is 1. The zero-order valence-electron chi connectivity index (χ0n) is 6.59. The molecular weight excluding hydrogens is 296 g/mol. The molecule has 0 aliphatic rings. The highest BCUT2D eigenvalue weighted by Crippen LogP contribution is 2.22. The smallest absolute Gasteiger partial charge is 0.0933 e. The Morgan fingerprint density at radius 1 is 1.31 bits per heavy atom. The molecule has 0 amide bonds. The maximum absolute atomic E-state index is 8.41. The van der Waals surface area contributed by atoms with Crippen LogP contribution in [0.3, 0.4) is 0 Å². The van der Waals surface area contributed by atoms with E-state index < -0.39 is 0 Å². The van der Waals surface area contributed by atoms with E-state index in [4.69, 9.17) is 11.0 Å². The number of nitriles is 1. The minimum atomic E-state index is 0.463. The molecule has 0 heterocycles. The van der Waals surface area contributed by atoms with Crippen molar-refractivity contribution in [2.45, 2.75) is 0 Å². The molecule has 0 aliphatic carbocycles. The van der Waals surface area contributed by atoms with Crippen LogP contribution in [0.25, 0.3) is 5.70 Å². The van der Waals surface area contributed by atoms with E-state index in [1.807, 2.05) is 24.3 Å². The lowest BCUT2D eigenvalue weighted by Crippen LogP contribution is -1.95. The Hall–Kier alpha value is -0.790. The summed E-state index contributed by atoms with van der Waals surface area (Å²) in [7, 11) is 0. The molecule has 2 nitrogen and oxygen atoms in total. The van der Waals surface area contributed by atoms with Crippen LogP contribution < -0.4 is 5.73 Å². The fourth-order valence-corrected chi connectivity index (χ4v) is 2.17. The molecule has 66 valence electrons. The molecule has 0 unspecified atom stereocenters. The molecule has 2 N–H and O–H groups in total. The maximum atomic E-state index is 8.41. The average molecular weight is 302 g/mol. The summed E-state index contributed by atoms with van der Waals surface area (Å²) >= 11 is 6.67. The molecule has 1 rings (SSSR count). The Bertz CT molecular complexity index is 371. The monoisotopic (exact) mass is 300 g/mol. The summed E-state index contributed by atoms with van der Waals surface area (Å²) in [5.41, 5.74) is 6.92. The molecule has 0 aliphatic heterocycles. The van der Waals surface area contributed by atoms with Crippen LogP contribution in [-0.4, -0.2) is 0 Å². The van der Waals surface area contributed by atoms with Gasteiger partial charge in [0.2, 0.25) is 0 Å². The number of rotatable bonds is 1. The van der Waals surface area contributed by atoms with Gasteiger partial charge >= 0.3 is 0 Å². The van der Waals surface area contributed by atoms with Gasteiger partial charge in [-0.2, -0.15) is 5.26 Å². The van der Waals surface area contributed by atoms with Gasteiger partial charge in [-0.15, -0.1) is 0 Å². The van der Waals surface area contributed by atoms with Crippen LogP contribution in [0, 0.1) is 11.3 Å². The number of halogens is 2. The molecule has 1 aromatic rings. The van der Waals surface area contributed by atoms with Crippen molar-refractivity contribution in [2.75, 3.05) is 0 Å². The van der Waals surface area contributed by atoms with Crippen LogP contribution in [-0.2, 0) is 0 Å². The number of nitrogens with zero attached hydrogens (tertiary/aromatic N) is 1. The van der Waals surface area contributed by atoms with Crippen molar-refractivity contribution in [1.29, 1.82) is 5.26 Å². The van der Waals surface area contributed by atoms with Gasteiger partial charge in [-0.3, -0.25) is 0 Å². The fraction of sp³-hybridized carbons (Fsp3) is 0. The quantitative estimate of drug-likeness (QED) is 0.811. The van der Waals surface area contributed by atoms with Gasteiger partial charge < -0.3 is 5.73 Å². The highest BCUT2D eigenvalue weighted by Gasteiger charge is 1.99. The molecule has 4 heteroatoms. The normalized spacial score (nSPS) is 11.0. The molecule has 0 atom stereocenters. The maximum Gasteiger partial charge on any atom is 0.0933 e. The first-order valence-corrected chi connectivity index (χ1v) is 5.04. The lowest BCUT2D eigenvalue weighted by molar-refractivity contribution is 1.47. The fourth-order valence-electron chi connectivity index (χ4n) is 0.873. The van der Waals surface area contributed by atoms with Crippen LogP contribution >= 0.6 is 31.9 Å². The van der Waals surface area contributed by atoms with Crippen LogP contribution in [0.2, 0.25) is 0 Å². The summed E-state index contributed by atoms with van der Waals surface area (Å²) < 4.78 is 1.84. The van der Waals surface area contributed by atoms with E-state index in [1.165, 1.54) is 6.08 Å². The molecule has 0 aromatic heterocycles. The zero-order valence-corrected chi connectivity index (χ0v) is 9.76. The standard InChI is InChI=1S/C9H6Br2N2/c10-7-3-6(4-8(11)5-7)9(13)1-2-12/h1,3-5H,13H2/b9-1+. The third-order valence-electron chi connectivity index (χ3n) is 1.42. The lowest BCUT2D eigenvalue weighted by Gasteiger charge is -2.01. The second-order valence-electron chi connectivity index (χ2n) is 2.39. The number of nitrogens with two attached hydrogens (primary N) is 1. The van der Waals surface area contributed by atoms with E-state index in [2.05, 4.69) is 31.9 Å². The first-order chi connectivity index (χ1) is 6.13. The van der Waals surface area contributed by atoms with Gasteiger partial charge in [0.1, 0.15) is 0 Å². The van der Waals surface area contributed by atoms with Crippen LogP contribution in [0.5, 0.6) is 0 Å². The first kappa shape index (κ1) is 10.3. The highest BCUT2D eigenvalue weighted by molar-refractivity contribution is 9.11. The topological polar surface area (TPSA) is 49.8 Å². The van der Waals surface area contributed by atoms with Gasteiger partial charge in [0.15, 0.2) is 0 Å². The Balaban J connectivity index is 3.17. The van der Waals surface area contributed by atoms with Crippen molar-refractivity contribution in [2.24, 2.45) is 5.73 Å². The van der Waals surface area contributed by atoms with Gasteiger partial charge in [0, 0.05) is 26.3 Å². The summed E-state index contributed by atoms with van der Waals surface area (Å²) in [5, 5.41) is 8.41. The first-order valence-electron chi connectivity index (χ1n) is 3.45. The van der Waals surface area contributed by atoms with Crippen molar-refractivity contribution in [3.05, 3.63) is 38.8 Å². The van der Waals surface area contributed by atoms with E-state index in [0.29, 0.717) is 5.70 Å². The average Bonchev–Trinajstić information content (AvgIpc) is 2.03. The van der Waals surface area contributed by atoms with E-state index in [1.54, 1.807) is 0 Å². The zero-order chi connectivity index (χ0) is 9.84. The summed E-state index contributed by atoms with van der Waals surface area (Å²) in [6, 6.07) is 7.50. The molecule has 1 aromatic carbocycles. The third kappa shape index (κ3) is 2.87. The summed E-state index contributed by atoms with van der Waals surface area (Å²) in [6.07, 6.45) is 1.31. The number of allylic oxidation sites excluding steroid dienone is 1. The highest BCUT2D eigenvalue weighted by atomic mass is 79.9. The predicted molar refractivity (Wildman–Crippen MR) is 59.6 cm³/mol. The largest absolute Gasteiger partial charge is 0.398 e. The molecule has 0 saturated heterocycles. The van der Waals surface area contributed by atoms with Crippen LogP contribution in [0.1, 0.15) is 5.56 Å². The molecule has 0 saturated carbocycles. The van der Waals surface area contributed by atoms with Gasteiger partial charge in [0.25, 0.3) is 0 Å². The molecule has 13 heavy (non-hydrogen) atoms. The van der Waals surface area contributed by atoms with Crippen LogP contribution in [0.15, 0.2) is 33.2 Å². The van der Waals surface area contributed by atoms with E-state index >= 15 is 0 Å². The molecule has 0 spiro atoms. The second kappa shape index (κ2) is 4.45. The van der Waals surface area contributed by atoms with Crippen molar-refractivity contribution in [3.63, 3.8) is 0 Å². The van der Waals surface area contributed by atoms with E-state index in [9.17, 15) is 0 Å². The van der Waals surface area contributed by atoms with Crippen molar-refractivity contribution >= 4 is 37.6 Å². The molecular formula is C9H6Br2N2. The second-order valence-corrected chi connectivity index (χ2v) is 4.22. The van der Waals surface area contributed by atoms with Crippen molar-refractivity contribution in [1.82, 2.24) is 0 Å². The lowest BCUT2D eigenvalue weighted by atomic mass is 10.1. The van der Waals surface area contributed by atoms with E-state index in [0.717, 1.165) is 14.5 Å². The summed E-state index contributed by atoms with van der Waals surface area (Å²) in [5.74, 6) is 0. The minimum Gasteiger partial charge on any atom is -0.398 e.